The molecule has 2 N–H and O–H groups in total. The van der Waals surface area contributed by atoms with Gasteiger partial charge in [-0.05, 0) is 41.8 Å². The Kier molecular flexibility index (Phi) is 7.95. The molecule has 12 heteroatoms. The number of aryl methyl sites for hydroxylation is 1. The number of carbonyl (C=O) groups excluding carboxylic acids is 1. The molecule has 0 saturated carbocycles. The molecule has 35 heavy (non-hydrogen) atoms. The zero-order valence-corrected chi connectivity index (χ0v) is 19.7. The van der Waals surface area contributed by atoms with Gasteiger partial charge in [0.15, 0.2) is 9.84 Å². The maximum atomic E-state index is 13.5. The molecule has 0 aliphatic heterocycles. The SMILES string of the molecule is COC(=O)CCc1ccc(Nc2ncc(C(F)(F)F)c(NCc3cccc(S(C)(=O)=O)c3)n2)cc1. The van der Waals surface area contributed by atoms with Crippen molar-refractivity contribution in [2.45, 2.75) is 30.5 Å². The lowest BCUT2D eigenvalue weighted by atomic mass is 10.1. The molecule has 8 nitrogen and oxygen atoms in total. The van der Waals surface area contributed by atoms with Crippen LogP contribution >= 0.6 is 0 Å². The van der Waals surface area contributed by atoms with Crippen LogP contribution in [0.15, 0.2) is 59.6 Å². The number of ether oxygens (including phenoxy) is 1. The monoisotopic (exact) mass is 508 g/mol. The molecular weight excluding hydrogens is 485 g/mol. The number of benzene rings is 2. The second-order valence-corrected chi connectivity index (χ2v) is 9.64. The van der Waals surface area contributed by atoms with Crippen LogP contribution in [0.2, 0.25) is 0 Å². The van der Waals surface area contributed by atoms with E-state index in [1.807, 2.05) is 0 Å². The van der Waals surface area contributed by atoms with Gasteiger partial charge in [0.2, 0.25) is 5.95 Å². The average molecular weight is 509 g/mol. The van der Waals surface area contributed by atoms with Crippen LogP contribution < -0.4 is 10.6 Å². The van der Waals surface area contributed by atoms with Crippen LogP contribution in [0, 0.1) is 0 Å². The molecule has 0 bridgehead atoms. The highest BCUT2D eigenvalue weighted by atomic mass is 32.2. The van der Waals surface area contributed by atoms with Crippen molar-refractivity contribution in [1.82, 2.24) is 9.97 Å². The highest BCUT2D eigenvalue weighted by Gasteiger charge is 2.35. The molecule has 0 saturated heterocycles. The van der Waals surface area contributed by atoms with E-state index in [2.05, 4.69) is 25.3 Å². The fourth-order valence-electron chi connectivity index (χ4n) is 3.09. The predicted molar refractivity (Wildman–Crippen MR) is 124 cm³/mol. The molecule has 3 rings (SSSR count). The van der Waals surface area contributed by atoms with E-state index in [0.717, 1.165) is 11.8 Å². The Morgan fingerprint density at radius 1 is 1.09 bits per heavy atom. The number of hydrogen-bond acceptors (Lipinski definition) is 8. The summed E-state index contributed by atoms with van der Waals surface area (Å²) in [7, 11) is -2.15. The highest BCUT2D eigenvalue weighted by molar-refractivity contribution is 7.90. The minimum Gasteiger partial charge on any atom is -0.469 e. The van der Waals surface area contributed by atoms with Gasteiger partial charge >= 0.3 is 12.1 Å². The first kappa shape index (κ1) is 25.9. The van der Waals surface area contributed by atoms with E-state index in [9.17, 15) is 26.4 Å². The number of hydrogen-bond donors (Lipinski definition) is 2. The molecule has 1 aromatic heterocycles. The number of methoxy groups -OCH3 is 1. The molecule has 0 amide bonds. The van der Waals surface area contributed by atoms with Crippen LogP contribution in [0.25, 0.3) is 0 Å². The van der Waals surface area contributed by atoms with Crippen LogP contribution in [-0.2, 0) is 38.5 Å². The fraction of sp³-hybridized carbons (Fsp3) is 0.261. The van der Waals surface area contributed by atoms with Crippen molar-refractivity contribution in [2.24, 2.45) is 0 Å². The smallest absolute Gasteiger partial charge is 0.421 e. The summed E-state index contributed by atoms with van der Waals surface area (Å²) in [5.41, 5.74) is 0.837. The van der Waals surface area contributed by atoms with Crippen LogP contribution in [0.1, 0.15) is 23.1 Å². The molecule has 0 radical (unpaired) electrons. The average Bonchev–Trinajstić information content (AvgIpc) is 2.81. The van der Waals surface area contributed by atoms with Gasteiger partial charge < -0.3 is 15.4 Å². The van der Waals surface area contributed by atoms with Gasteiger partial charge in [-0.25, -0.2) is 13.4 Å². The molecule has 0 aliphatic rings. The lowest BCUT2D eigenvalue weighted by Gasteiger charge is -2.15. The summed E-state index contributed by atoms with van der Waals surface area (Å²) < 4.78 is 68.6. The standard InChI is InChI=1S/C23H23F3N4O4S/c1-34-20(31)11-8-15-6-9-17(10-7-15)29-22-28-14-19(23(24,25)26)21(30-22)27-13-16-4-3-5-18(12-16)35(2,32)33/h3-7,9-10,12,14H,8,11,13H2,1-2H3,(H2,27,28,29,30). The van der Waals surface area contributed by atoms with Gasteiger partial charge in [0.05, 0.1) is 12.0 Å². The Hall–Kier alpha value is -3.67. The van der Waals surface area contributed by atoms with E-state index >= 15 is 0 Å². The molecule has 0 atom stereocenters. The van der Waals surface area contributed by atoms with Gasteiger partial charge in [-0.15, -0.1) is 0 Å². The summed E-state index contributed by atoms with van der Waals surface area (Å²) >= 11 is 0. The van der Waals surface area contributed by atoms with Crippen molar-refractivity contribution in [3.8, 4) is 0 Å². The number of alkyl halides is 3. The number of carbonyl (C=O) groups is 1. The molecule has 0 spiro atoms. The number of sulfone groups is 1. The Morgan fingerprint density at radius 2 is 1.80 bits per heavy atom. The summed E-state index contributed by atoms with van der Waals surface area (Å²) in [5, 5.41) is 5.49. The van der Waals surface area contributed by atoms with Crippen molar-refractivity contribution in [1.29, 1.82) is 0 Å². The topological polar surface area (TPSA) is 110 Å². The van der Waals surface area contributed by atoms with E-state index in [0.29, 0.717) is 23.9 Å². The normalized spacial score (nSPS) is 11.7. The summed E-state index contributed by atoms with van der Waals surface area (Å²) in [6.07, 6.45) is -2.26. The molecule has 0 fully saturated rings. The van der Waals surface area contributed by atoms with E-state index in [1.165, 1.54) is 25.3 Å². The number of nitrogens with zero attached hydrogens (tertiary/aromatic N) is 2. The van der Waals surface area contributed by atoms with Crippen LogP contribution in [0.5, 0.6) is 0 Å². The number of nitrogens with one attached hydrogen (secondary N) is 2. The van der Waals surface area contributed by atoms with Crippen molar-refractivity contribution in [3.05, 3.63) is 71.4 Å². The van der Waals surface area contributed by atoms with Crippen LogP contribution in [0.4, 0.5) is 30.6 Å². The Bertz CT molecular complexity index is 1300. The summed E-state index contributed by atoms with van der Waals surface area (Å²) in [6, 6.07) is 12.8. The maximum absolute atomic E-state index is 13.5. The van der Waals surface area contributed by atoms with Crippen LogP contribution in [-0.4, -0.2) is 37.7 Å². The maximum Gasteiger partial charge on any atom is 0.421 e. The minimum absolute atomic E-state index is 0.0623. The molecule has 0 aliphatic carbocycles. The lowest BCUT2D eigenvalue weighted by Crippen LogP contribution is -2.14. The minimum atomic E-state index is -4.70. The first-order valence-electron chi connectivity index (χ1n) is 10.4. The van der Waals surface area contributed by atoms with Crippen molar-refractivity contribution >= 4 is 33.3 Å². The van der Waals surface area contributed by atoms with Gasteiger partial charge in [0.25, 0.3) is 0 Å². The molecule has 2 aromatic carbocycles. The number of aromatic nitrogens is 2. The van der Waals surface area contributed by atoms with Gasteiger partial charge in [0.1, 0.15) is 11.4 Å². The van der Waals surface area contributed by atoms with Crippen molar-refractivity contribution < 1.29 is 31.1 Å². The van der Waals surface area contributed by atoms with Crippen LogP contribution in [0.3, 0.4) is 0 Å². The van der Waals surface area contributed by atoms with Gasteiger partial charge in [0, 0.05) is 31.1 Å². The van der Waals surface area contributed by atoms with Gasteiger partial charge in [-0.2, -0.15) is 18.2 Å². The summed E-state index contributed by atoms with van der Waals surface area (Å²) in [4.78, 5) is 19.1. The molecule has 0 unspecified atom stereocenters. The third-order valence-electron chi connectivity index (χ3n) is 4.94. The van der Waals surface area contributed by atoms with E-state index in [4.69, 9.17) is 0 Å². The lowest BCUT2D eigenvalue weighted by molar-refractivity contribution is -0.140. The van der Waals surface area contributed by atoms with Crippen molar-refractivity contribution in [3.63, 3.8) is 0 Å². The largest absolute Gasteiger partial charge is 0.469 e. The second-order valence-electron chi connectivity index (χ2n) is 7.62. The van der Waals surface area contributed by atoms with Crippen molar-refractivity contribution in [2.75, 3.05) is 24.0 Å². The Balaban J connectivity index is 1.77. The highest BCUT2D eigenvalue weighted by Crippen LogP contribution is 2.34. The number of esters is 1. The Labute approximate surface area is 200 Å². The van der Waals surface area contributed by atoms with E-state index in [1.54, 1.807) is 30.3 Å². The summed E-state index contributed by atoms with van der Waals surface area (Å²) in [5.74, 6) is -0.837. The second kappa shape index (κ2) is 10.7. The molecular formula is C23H23F3N4O4S. The zero-order chi connectivity index (χ0) is 25.6. The number of halogens is 3. The third-order valence-corrected chi connectivity index (χ3v) is 6.05. The van der Waals surface area contributed by atoms with Gasteiger partial charge in [-0.3, -0.25) is 4.79 Å². The first-order chi connectivity index (χ1) is 16.5. The molecule has 186 valence electrons. The first-order valence-corrected chi connectivity index (χ1v) is 12.2. The van der Waals surface area contributed by atoms with E-state index in [-0.39, 0.29) is 29.8 Å². The Morgan fingerprint density at radius 3 is 2.43 bits per heavy atom. The van der Waals surface area contributed by atoms with E-state index < -0.39 is 27.4 Å². The third kappa shape index (κ3) is 7.41. The zero-order valence-electron chi connectivity index (χ0n) is 18.9. The fourth-order valence-corrected chi connectivity index (χ4v) is 3.78. The quantitative estimate of drug-likeness (QED) is 0.411. The molecule has 3 aromatic rings. The summed E-state index contributed by atoms with van der Waals surface area (Å²) in [6.45, 7) is -0.0855. The number of rotatable bonds is 9. The predicted octanol–water partition coefficient (Wildman–Crippen LogP) is 4.36. The number of anilines is 3. The van der Waals surface area contributed by atoms with Gasteiger partial charge in [-0.1, -0.05) is 24.3 Å². The molecule has 1 heterocycles.